The molecule has 0 fully saturated rings. The van der Waals surface area contributed by atoms with Gasteiger partial charge in [0, 0.05) is 18.5 Å². The quantitative estimate of drug-likeness (QED) is 0.909. The Bertz CT molecular complexity index is 610. The highest BCUT2D eigenvalue weighted by Crippen LogP contribution is 2.21. The van der Waals surface area contributed by atoms with E-state index >= 15 is 0 Å². The average molecular weight is 271 g/mol. The number of para-hydroxylation sites is 1. The number of carbonyl (C=O) groups excluding carboxylic acids is 1. The fourth-order valence-corrected chi connectivity index (χ4v) is 2.30. The van der Waals surface area contributed by atoms with Crippen molar-refractivity contribution >= 4 is 22.6 Å². The van der Waals surface area contributed by atoms with Crippen LogP contribution in [0.4, 0.5) is 5.82 Å². The Labute approximate surface area is 119 Å². The van der Waals surface area contributed by atoms with Gasteiger partial charge >= 0.3 is 0 Å². The van der Waals surface area contributed by atoms with Gasteiger partial charge in [0.2, 0.25) is 0 Å². The third-order valence-electron chi connectivity index (χ3n) is 3.42. The molecule has 0 radical (unpaired) electrons. The van der Waals surface area contributed by atoms with Gasteiger partial charge in [0.25, 0.3) is 5.91 Å². The summed E-state index contributed by atoms with van der Waals surface area (Å²) in [5.74, 6) is 0.421. The first-order valence-electron chi connectivity index (χ1n) is 7.11. The molecule has 1 amide bonds. The number of amides is 1. The lowest BCUT2D eigenvalue weighted by molar-refractivity contribution is 0.0764. The zero-order valence-corrected chi connectivity index (χ0v) is 12.1. The number of pyridine rings is 1. The number of nitrogen functional groups attached to an aromatic ring is 1. The van der Waals surface area contributed by atoms with Gasteiger partial charge in [-0.05, 0) is 25.5 Å². The SMILES string of the molecule is CCCCN(CC)C(=O)c1cc(N)nc2ccccc12. The van der Waals surface area contributed by atoms with Crippen LogP contribution in [0.3, 0.4) is 0 Å². The molecule has 0 spiro atoms. The van der Waals surface area contributed by atoms with Crippen LogP contribution in [0.1, 0.15) is 37.0 Å². The van der Waals surface area contributed by atoms with Crippen LogP contribution in [0.5, 0.6) is 0 Å². The first-order chi connectivity index (χ1) is 9.67. The molecule has 0 aliphatic carbocycles. The Morgan fingerprint density at radius 2 is 2.05 bits per heavy atom. The molecule has 0 saturated carbocycles. The van der Waals surface area contributed by atoms with Crippen molar-refractivity contribution in [1.82, 2.24) is 9.88 Å². The standard InChI is InChI=1S/C16H21N3O/c1-3-5-10-19(4-2)16(20)13-11-15(17)18-14-9-7-6-8-12(13)14/h6-9,11H,3-5,10H2,1-2H3,(H2,17,18). The van der Waals surface area contributed by atoms with Crippen molar-refractivity contribution in [3.8, 4) is 0 Å². The molecule has 106 valence electrons. The van der Waals surface area contributed by atoms with Gasteiger partial charge in [0.15, 0.2) is 0 Å². The maximum Gasteiger partial charge on any atom is 0.254 e. The van der Waals surface area contributed by atoms with Crippen molar-refractivity contribution < 1.29 is 4.79 Å². The molecule has 0 saturated heterocycles. The Morgan fingerprint density at radius 3 is 2.75 bits per heavy atom. The van der Waals surface area contributed by atoms with E-state index in [4.69, 9.17) is 5.73 Å². The number of fused-ring (bicyclic) bond motifs is 1. The molecule has 4 heteroatoms. The van der Waals surface area contributed by atoms with Gasteiger partial charge in [-0.15, -0.1) is 0 Å². The molecule has 4 nitrogen and oxygen atoms in total. The summed E-state index contributed by atoms with van der Waals surface area (Å²) in [6.45, 7) is 5.61. The fraction of sp³-hybridized carbons (Fsp3) is 0.375. The van der Waals surface area contributed by atoms with Crippen LogP contribution in [0.15, 0.2) is 30.3 Å². The van der Waals surface area contributed by atoms with Gasteiger partial charge in [0.05, 0.1) is 11.1 Å². The second-order valence-electron chi connectivity index (χ2n) is 4.85. The van der Waals surface area contributed by atoms with E-state index in [1.807, 2.05) is 36.1 Å². The molecule has 0 aliphatic rings. The molecule has 2 N–H and O–H groups in total. The normalized spacial score (nSPS) is 10.7. The second kappa shape index (κ2) is 6.37. The van der Waals surface area contributed by atoms with E-state index in [1.54, 1.807) is 6.07 Å². The van der Waals surface area contributed by atoms with Crippen molar-refractivity contribution in [3.63, 3.8) is 0 Å². The molecule has 2 rings (SSSR count). The molecule has 0 atom stereocenters. The number of hydrogen-bond donors (Lipinski definition) is 1. The van der Waals surface area contributed by atoms with E-state index in [1.165, 1.54) is 0 Å². The van der Waals surface area contributed by atoms with E-state index in [0.29, 0.717) is 17.9 Å². The lowest BCUT2D eigenvalue weighted by Gasteiger charge is -2.21. The zero-order chi connectivity index (χ0) is 14.5. The number of aromatic nitrogens is 1. The smallest absolute Gasteiger partial charge is 0.254 e. The van der Waals surface area contributed by atoms with Crippen LogP contribution in [-0.4, -0.2) is 28.9 Å². The summed E-state index contributed by atoms with van der Waals surface area (Å²) in [5.41, 5.74) is 7.23. The largest absolute Gasteiger partial charge is 0.384 e. The summed E-state index contributed by atoms with van der Waals surface area (Å²) in [4.78, 5) is 18.8. The summed E-state index contributed by atoms with van der Waals surface area (Å²) in [6.07, 6.45) is 2.08. The molecule has 1 aromatic carbocycles. The predicted molar refractivity (Wildman–Crippen MR) is 82.6 cm³/mol. The highest BCUT2D eigenvalue weighted by atomic mass is 16.2. The number of anilines is 1. The minimum Gasteiger partial charge on any atom is -0.384 e. The predicted octanol–water partition coefficient (Wildman–Crippen LogP) is 3.08. The van der Waals surface area contributed by atoms with Gasteiger partial charge in [-0.3, -0.25) is 4.79 Å². The van der Waals surface area contributed by atoms with Gasteiger partial charge < -0.3 is 10.6 Å². The zero-order valence-electron chi connectivity index (χ0n) is 12.1. The molecule has 1 aromatic heterocycles. The Kier molecular flexibility index (Phi) is 4.56. The van der Waals surface area contributed by atoms with Gasteiger partial charge in [-0.25, -0.2) is 4.98 Å². The minimum atomic E-state index is 0.0336. The third kappa shape index (κ3) is 2.90. The number of carbonyl (C=O) groups is 1. The van der Waals surface area contributed by atoms with Gasteiger partial charge in [-0.2, -0.15) is 0 Å². The molecular weight excluding hydrogens is 250 g/mol. The van der Waals surface area contributed by atoms with Gasteiger partial charge in [0.1, 0.15) is 5.82 Å². The first-order valence-corrected chi connectivity index (χ1v) is 7.11. The molecule has 1 heterocycles. The average Bonchev–Trinajstić information content (AvgIpc) is 2.46. The maximum absolute atomic E-state index is 12.7. The topological polar surface area (TPSA) is 59.2 Å². The van der Waals surface area contributed by atoms with Crippen molar-refractivity contribution in [2.45, 2.75) is 26.7 Å². The summed E-state index contributed by atoms with van der Waals surface area (Å²) in [6, 6.07) is 9.30. The van der Waals surface area contributed by atoms with E-state index in [2.05, 4.69) is 11.9 Å². The minimum absolute atomic E-state index is 0.0336. The second-order valence-corrected chi connectivity index (χ2v) is 4.85. The fourth-order valence-electron chi connectivity index (χ4n) is 2.30. The van der Waals surface area contributed by atoms with Crippen molar-refractivity contribution in [3.05, 3.63) is 35.9 Å². The van der Waals surface area contributed by atoms with Crippen LogP contribution in [0.2, 0.25) is 0 Å². The number of unbranched alkanes of at least 4 members (excludes halogenated alkanes) is 1. The molecule has 0 unspecified atom stereocenters. The number of rotatable bonds is 5. The summed E-state index contributed by atoms with van der Waals surface area (Å²) in [5, 5.41) is 0.863. The summed E-state index contributed by atoms with van der Waals surface area (Å²) < 4.78 is 0. The van der Waals surface area contributed by atoms with Crippen molar-refractivity contribution in [1.29, 1.82) is 0 Å². The number of hydrogen-bond acceptors (Lipinski definition) is 3. The maximum atomic E-state index is 12.7. The van der Waals surface area contributed by atoms with Crippen LogP contribution >= 0.6 is 0 Å². The molecular formula is C16H21N3O. The van der Waals surface area contributed by atoms with Crippen LogP contribution < -0.4 is 5.73 Å². The van der Waals surface area contributed by atoms with Gasteiger partial charge in [-0.1, -0.05) is 31.5 Å². The van der Waals surface area contributed by atoms with Crippen LogP contribution in [-0.2, 0) is 0 Å². The molecule has 0 aliphatic heterocycles. The van der Waals surface area contributed by atoms with E-state index < -0.39 is 0 Å². The molecule has 20 heavy (non-hydrogen) atoms. The monoisotopic (exact) mass is 271 g/mol. The first kappa shape index (κ1) is 14.3. The summed E-state index contributed by atoms with van der Waals surface area (Å²) >= 11 is 0. The number of nitrogens with zero attached hydrogens (tertiary/aromatic N) is 2. The third-order valence-corrected chi connectivity index (χ3v) is 3.42. The number of nitrogens with two attached hydrogens (primary N) is 1. The van der Waals surface area contributed by atoms with E-state index in [9.17, 15) is 4.79 Å². The summed E-state index contributed by atoms with van der Waals surface area (Å²) in [7, 11) is 0. The van der Waals surface area contributed by atoms with Crippen LogP contribution in [0.25, 0.3) is 10.9 Å². The molecule has 0 bridgehead atoms. The van der Waals surface area contributed by atoms with Crippen molar-refractivity contribution in [2.75, 3.05) is 18.8 Å². The Balaban J connectivity index is 2.42. The highest BCUT2D eigenvalue weighted by molar-refractivity contribution is 6.06. The van der Waals surface area contributed by atoms with Crippen LogP contribution in [0, 0.1) is 0 Å². The van der Waals surface area contributed by atoms with E-state index in [0.717, 1.165) is 30.3 Å². The van der Waals surface area contributed by atoms with Crippen molar-refractivity contribution in [2.24, 2.45) is 0 Å². The molecule has 2 aromatic rings. The number of benzene rings is 1. The Hall–Kier alpha value is -2.10. The lowest BCUT2D eigenvalue weighted by Crippen LogP contribution is -2.32. The lowest BCUT2D eigenvalue weighted by atomic mass is 10.1. The Morgan fingerprint density at radius 1 is 1.30 bits per heavy atom. The van der Waals surface area contributed by atoms with E-state index in [-0.39, 0.29) is 5.91 Å². The highest BCUT2D eigenvalue weighted by Gasteiger charge is 2.17.